The fourth-order valence-electron chi connectivity index (χ4n) is 1.54. The quantitative estimate of drug-likeness (QED) is 0.680. The second-order valence-corrected chi connectivity index (χ2v) is 6.60. The Morgan fingerprint density at radius 1 is 1.11 bits per heavy atom. The van der Waals surface area contributed by atoms with E-state index in [2.05, 4.69) is 20.9 Å². The van der Waals surface area contributed by atoms with E-state index in [1.165, 1.54) is 24.3 Å². The van der Waals surface area contributed by atoms with Crippen molar-refractivity contribution >= 4 is 31.5 Å². The molecule has 0 radical (unpaired) electrons. The Labute approximate surface area is 114 Å². The van der Waals surface area contributed by atoms with Gasteiger partial charge in [-0.15, -0.1) is 0 Å². The first-order valence-electron chi connectivity index (χ1n) is 5.14. The van der Waals surface area contributed by atoms with Crippen LogP contribution < -0.4 is 5.73 Å². The zero-order chi connectivity index (χ0) is 13.3. The molecular formula is C12H11BrN2O2S. The number of sulfone groups is 1. The molecule has 0 spiro atoms. The van der Waals surface area contributed by atoms with Gasteiger partial charge in [0.2, 0.25) is 9.84 Å². The number of rotatable bonds is 2. The average molecular weight is 327 g/mol. The lowest BCUT2D eigenvalue weighted by Gasteiger charge is -2.06. The zero-order valence-corrected chi connectivity index (χ0v) is 12.0. The minimum atomic E-state index is -3.53. The van der Waals surface area contributed by atoms with E-state index in [0.717, 1.165) is 0 Å². The van der Waals surface area contributed by atoms with Crippen molar-refractivity contribution in [2.45, 2.75) is 16.7 Å². The largest absolute Gasteiger partial charge is 0.399 e. The van der Waals surface area contributed by atoms with Crippen LogP contribution in [0.4, 0.5) is 5.69 Å². The van der Waals surface area contributed by atoms with Gasteiger partial charge in [-0.05, 0) is 59.3 Å². The van der Waals surface area contributed by atoms with Gasteiger partial charge in [0.25, 0.3) is 0 Å². The van der Waals surface area contributed by atoms with Crippen molar-refractivity contribution in [3.8, 4) is 0 Å². The van der Waals surface area contributed by atoms with Crippen molar-refractivity contribution in [1.29, 1.82) is 0 Å². The number of hydrogen-bond donors (Lipinski definition) is 1. The number of nitrogens with zero attached hydrogens (tertiary/aromatic N) is 1. The Morgan fingerprint density at radius 2 is 1.72 bits per heavy atom. The Balaban J connectivity index is 2.57. The fraction of sp³-hybridized carbons (Fsp3) is 0.0833. The molecule has 0 amide bonds. The minimum Gasteiger partial charge on any atom is -0.399 e. The summed E-state index contributed by atoms with van der Waals surface area (Å²) in [6.45, 7) is 1.74. The highest BCUT2D eigenvalue weighted by Crippen LogP contribution is 2.24. The summed E-state index contributed by atoms with van der Waals surface area (Å²) in [5.41, 5.74) is 6.71. The number of hydrogen-bond acceptors (Lipinski definition) is 4. The summed E-state index contributed by atoms with van der Waals surface area (Å²) in [5, 5.41) is 0. The number of pyridine rings is 1. The van der Waals surface area contributed by atoms with E-state index in [-0.39, 0.29) is 9.79 Å². The third kappa shape index (κ3) is 2.54. The number of benzene rings is 1. The molecule has 0 aliphatic carbocycles. The first-order chi connectivity index (χ1) is 8.39. The van der Waals surface area contributed by atoms with Crippen LogP contribution in [0.2, 0.25) is 0 Å². The van der Waals surface area contributed by atoms with Gasteiger partial charge < -0.3 is 5.73 Å². The van der Waals surface area contributed by atoms with Crippen molar-refractivity contribution in [3.63, 3.8) is 0 Å². The van der Waals surface area contributed by atoms with Gasteiger partial charge >= 0.3 is 0 Å². The van der Waals surface area contributed by atoms with E-state index < -0.39 is 9.84 Å². The SMILES string of the molecule is Cc1cc(S(=O)(=O)c2ccc(N)cc2)cc(Br)n1. The number of aromatic nitrogens is 1. The van der Waals surface area contributed by atoms with Gasteiger partial charge in [-0.25, -0.2) is 13.4 Å². The summed E-state index contributed by atoms with van der Waals surface area (Å²) in [7, 11) is -3.53. The summed E-state index contributed by atoms with van der Waals surface area (Å²) < 4.78 is 25.2. The molecule has 0 aliphatic rings. The van der Waals surface area contributed by atoms with Crippen LogP contribution in [-0.4, -0.2) is 13.4 Å². The Bertz CT molecular complexity index is 661. The Morgan fingerprint density at radius 3 is 2.28 bits per heavy atom. The van der Waals surface area contributed by atoms with Crippen LogP contribution in [-0.2, 0) is 9.84 Å². The molecule has 2 aromatic rings. The summed E-state index contributed by atoms with van der Waals surface area (Å²) in [5.74, 6) is 0. The third-order valence-corrected chi connectivity index (χ3v) is 4.55. The molecule has 2 rings (SSSR count). The number of halogens is 1. The van der Waals surface area contributed by atoms with Gasteiger partial charge in [-0.2, -0.15) is 0 Å². The van der Waals surface area contributed by atoms with Crippen LogP contribution in [0.15, 0.2) is 50.8 Å². The maximum Gasteiger partial charge on any atom is 0.206 e. The topological polar surface area (TPSA) is 73.0 Å². The lowest BCUT2D eigenvalue weighted by molar-refractivity contribution is 0.595. The lowest BCUT2D eigenvalue weighted by Crippen LogP contribution is -2.03. The average Bonchev–Trinajstić information content (AvgIpc) is 2.28. The molecule has 0 aliphatic heterocycles. The Hall–Kier alpha value is -1.40. The molecule has 18 heavy (non-hydrogen) atoms. The highest BCUT2D eigenvalue weighted by Gasteiger charge is 2.18. The smallest absolute Gasteiger partial charge is 0.206 e. The summed E-state index contributed by atoms with van der Waals surface area (Å²) >= 11 is 3.19. The fourth-order valence-corrected chi connectivity index (χ4v) is 3.57. The molecule has 0 saturated carbocycles. The van der Waals surface area contributed by atoms with Crippen LogP contribution in [0.1, 0.15) is 5.69 Å². The van der Waals surface area contributed by atoms with Crippen LogP contribution in [0.25, 0.3) is 0 Å². The van der Waals surface area contributed by atoms with Gasteiger partial charge in [0, 0.05) is 11.4 Å². The molecule has 94 valence electrons. The van der Waals surface area contributed by atoms with Crippen molar-refractivity contribution in [2.75, 3.05) is 5.73 Å². The predicted octanol–water partition coefficient (Wildman–Crippen LogP) is 2.57. The van der Waals surface area contributed by atoms with Crippen molar-refractivity contribution in [3.05, 3.63) is 46.7 Å². The standard InChI is InChI=1S/C12H11BrN2O2S/c1-8-6-11(7-12(13)15-8)18(16,17)10-4-2-9(14)3-5-10/h2-7H,14H2,1H3. The lowest BCUT2D eigenvalue weighted by atomic mass is 10.3. The molecule has 2 N–H and O–H groups in total. The molecule has 0 unspecified atom stereocenters. The predicted molar refractivity (Wildman–Crippen MR) is 73.0 cm³/mol. The van der Waals surface area contributed by atoms with Crippen LogP contribution in [0.3, 0.4) is 0 Å². The first kappa shape index (κ1) is 13.0. The number of anilines is 1. The van der Waals surface area contributed by atoms with Gasteiger partial charge in [-0.1, -0.05) is 0 Å². The second-order valence-electron chi connectivity index (χ2n) is 3.84. The molecule has 6 heteroatoms. The molecule has 0 atom stereocenters. The van der Waals surface area contributed by atoms with E-state index in [1.807, 2.05) is 0 Å². The molecule has 0 fully saturated rings. The maximum atomic E-state index is 12.4. The summed E-state index contributed by atoms with van der Waals surface area (Å²) in [4.78, 5) is 4.52. The molecule has 4 nitrogen and oxygen atoms in total. The highest BCUT2D eigenvalue weighted by molar-refractivity contribution is 9.10. The zero-order valence-electron chi connectivity index (χ0n) is 9.59. The van der Waals surface area contributed by atoms with Crippen molar-refractivity contribution in [1.82, 2.24) is 4.98 Å². The van der Waals surface area contributed by atoms with Crippen LogP contribution in [0, 0.1) is 6.92 Å². The van der Waals surface area contributed by atoms with E-state index >= 15 is 0 Å². The van der Waals surface area contributed by atoms with Crippen molar-refractivity contribution in [2.24, 2.45) is 0 Å². The second kappa shape index (κ2) is 4.70. The molecule has 1 heterocycles. The molecule has 0 saturated heterocycles. The Kier molecular flexibility index (Phi) is 3.41. The molecule has 0 bridgehead atoms. The number of aryl methyl sites for hydroxylation is 1. The monoisotopic (exact) mass is 326 g/mol. The van der Waals surface area contributed by atoms with Gasteiger partial charge in [0.05, 0.1) is 9.79 Å². The highest BCUT2D eigenvalue weighted by atomic mass is 79.9. The van der Waals surface area contributed by atoms with Gasteiger partial charge in [0.1, 0.15) is 4.60 Å². The van der Waals surface area contributed by atoms with E-state index in [9.17, 15) is 8.42 Å². The molecule has 1 aromatic heterocycles. The maximum absolute atomic E-state index is 12.4. The third-order valence-electron chi connectivity index (χ3n) is 2.40. The van der Waals surface area contributed by atoms with Crippen molar-refractivity contribution < 1.29 is 8.42 Å². The summed E-state index contributed by atoms with van der Waals surface area (Å²) in [6, 6.07) is 9.14. The van der Waals surface area contributed by atoms with E-state index in [1.54, 1.807) is 19.1 Å². The number of nitrogen functional groups attached to an aromatic ring is 1. The normalized spacial score (nSPS) is 11.4. The molecular weight excluding hydrogens is 316 g/mol. The van der Waals surface area contributed by atoms with Crippen LogP contribution >= 0.6 is 15.9 Å². The van der Waals surface area contributed by atoms with Gasteiger partial charge in [-0.3, -0.25) is 0 Å². The minimum absolute atomic E-state index is 0.214. The summed E-state index contributed by atoms with van der Waals surface area (Å²) in [6.07, 6.45) is 0. The van der Waals surface area contributed by atoms with E-state index in [0.29, 0.717) is 16.0 Å². The first-order valence-corrected chi connectivity index (χ1v) is 7.42. The van der Waals surface area contributed by atoms with Crippen LogP contribution in [0.5, 0.6) is 0 Å². The van der Waals surface area contributed by atoms with E-state index in [4.69, 9.17) is 5.73 Å². The van der Waals surface area contributed by atoms with Gasteiger partial charge in [0.15, 0.2) is 0 Å². The number of nitrogens with two attached hydrogens (primary N) is 1. The molecule has 1 aromatic carbocycles.